The first kappa shape index (κ1) is 15.2. The highest BCUT2D eigenvalue weighted by molar-refractivity contribution is 5.89. The molecule has 2 heterocycles. The van der Waals surface area contributed by atoms with Gasteiger partial charge in [0.25, 0.3) is 0 Å². The molecule has 6 heteroatoms. The quantitative estimate of drug-likeness (QED) is 0.819. The Labute approximate surface area is 140 Å². The highest BCUT2D eigenvalue weighted by Crippen LogP contribution is 2.32. The number of rotatable bonds is 6. The summed E-state index contributed by atoms with van der Waals surface area (Å²) in [5.41, 5.74) is 1.12. The molecule has 126 valence electrons. The molecule has 1 aliphatic carbocycles. The Hall–Kier alpha value is -2.37. The van der Waals surface area contributed by atoms with Crippen molar-refractivity contribution < 1.29 is 9.59 Å². The molecular weight excluding hydrogens is 304 g/mol. The summed E-state index contributed by atoms with van der Waals surface area (Å²) in [7, 11) is 0. The molecule has 6 nitrogen and oxygen atoms in total. The number of fused-ring (bicyclic) bond motifs is 1. The molecule has 1 N–H and O–H groups in total. The second-order valence-electron chi connectivity index (χ2n) is 6.75. The molecule has 1 atom stereocenters. The standard InChI is InChI=1S/C18H22N4O2/c23-17-10-14(12-21(17)15-6-7-15)18(24)19-8-3-9-22-16-5-2-1-4-13(16)11-20-22/h1-2,4-5,11,14-15H,3,6-10,12H2,(H,19,24)/t14-/m0/s1. The Balaban J connectivity index is 1.24. The number of para-hydroxylation sites is 1. The molecule has 2 fully saturated rings. The number of aromatic nitrogens is 2. The van der Waals surface area contributed by atoms with Gasteiger partial charge in [-0.3, -0.25) is 14.3 Å². The summed E-state index contributed by atoms with van der Waals surface area (Å²) >= 11 is 0. The number of nitrogens with one attached hydrogen (secondary N) is 1. The number of nitrogens with zero attached hydrogens (tertiary/aromatic N) is 3. The lowest BCUT2D eigenvalue weighted by molar-refractivity contribution is -0.129. The predicted molar refractivity (Wildman–Crippen MR) is 90.2 cm³/mol. The topological polar surface area (TPSA) is 67.2 Å². The van der Waals surface area contributed by atoms with Crippen molar-refractivity contribution >= 4 is 22.7 Å². The molecule has 0 unspecified atom stereocenters. The fourth-order valence-corrected chi connectivity index (χ4v) is 3.44. The van der Waals surface area contributed by atoms with Crippen LogP contribution in [0, 0.1) is 5.92 Å². The van der Waals surface area contributed by atoms with E-state index in [1.165, 1.54) is 0 Å². The van der Waals surface area contributed by atoms with Crippen molar-refractivity contribution in [1.29, 1.82) is 0 Å². The van der Waals surface area contributed by atoms with E-state index in [-0.39, 0.29) is 17.7 Å². The van der Waals surface area contributed by atoms with Gasteiger partial charge in [0.05, 0.1) is 17.6 Å². The van der Waals surface area contributed by atoms with E-state index in [1.54, 1.807) is 0 Å². The Kier molecular flexibility index (Phi) is 3.96. The molecule has 0 spiro atoms. The van der Waals surface area contributed by atoms with Crippen LogP contribution in [-0.4, -0.2) is 45.6 Å². The number of amides is 2. The molecule has 4 rings (SSSR count). The summed E-state index contributed by atoms with van der Waals surface area (Å²) in [6, 6.07) is 8.51. The van der Waals surface area contributed by atoms with Crippen LogP contribution in [0.1, 0.15) is 25.7 Å². The lowest BCUT2D eigenvalue weighted by atomic mass is 10.1. The largest absolute Gasteiger partial charge is 0.356 e. The van der Waals surface area contributed by atoms with Gasteiger partial charge in [0.1, 0.15) is 0 Å². The van der Waals surface area contributed by atoms with E-state index in [2.05, 4.69) is 16.5 Å². The number of carbonyl (C=O) groups excluding carboxylic acids is 2. The Bertz CT molecular complexity index is 765. The van der Waals surface area contributed by atoms with E-state index >= 15 is 0 Å². The molecule has 24 heavy (non-hydrogen) atoms. The summed E-state index contributed by atoms with van der Waals surface area (Å²) in [6.07, 6.45) is 5.25. The van der Waals surface area contributed by atoms with Crippen molar-refractivity contribution in [1.82, 2.24) is 20.0 Å². The lowest BCUT2D eigenvalue weighted by Gasteiger charge is -2.15. The number of hydrogen-bond acceptors (Lipinski definition) is 3. The Morgan fingerprint density at radius 3 is 2.96 bits per heavy atom. The van der Waals surface area contributed by atoms with Crippen LogP contribution in [0.25, 0.3) is 10.9 Å². The van der Waals surface area contributed by atoms with E-state index < -0.39 is 0 Å². The van der Waals surface area contributed by atoms with Crippen LogP contribution in [-0.2, 0) is 16.1 Å². The van der Waals surface area contributed by atoms with Crippen molar-refractivity contribution in [3.8, 4) is 0 Å². The van der Waals surface area contributed by atoms with Gasteiger partial charge in [0, 0.05) is 37.5 Å². The molecule has 1 aromatic carbocycles. The molecular formula is C18H22N4O2. The van der Waals surface area contributed by atoms with Gasteiger partial charge in [-0.2, -0.15) is 5.10 Å². The van der Waals surface area contributed by atoms with Crippen LogP contribution in [0.2, 0.25) is 0 Å². The monoisotopic (exact) mass is 326 g/mol. The van der Waals surface area contributed by atoms with E-state index in [0.29, 0.717) is 25.6 Å². The summed E-state index contributed by atoms with van der Waals surface area (Å²) in [5.74, 6) is -0.0267. The minimum atomic E-state index is -0.177. The van der Waals surface area contributed by atoms with Gasteiger partial charge in [-0.1, -0.05) is 18.2 Å². The average molecular weight is 326 g/mol. The van der Waals surface area contributed by atoms with Gasteiger partial charge in [-0.05, 0) is 25.3 Å². The maximum Gasteiger partial charge on any atom is 0.225 e. The first-order chi connectivity index (χ1) is 11.7. The summed E-state index contributed by atoms with van der Waals surface area (Å²) in [5, 5.41) is 8.50. The SMILES string of the molecule is O=C(NCCCn1ncc2ccccc21)[C@H]1CC(=O)N(C2CC2)C1. The third kappa shape index (κ3) is 3.00. The second-order valence-corrected chi connectivity index (χ2v) is 6.75. The van der Waals surface area contributed by atoms with E-state index in [4.69, 9.17) is 0 Å². The van der Waals surface area contributed by atoms with Crippen LogP contribution in [0.5, 0.6) is 0 Å². The molecule has 2 amide bonds. The smallest absolute Gasteiger partial charge is 0.225 e. The summed E-state index contributed by atoms with van der Waals surface area (Å²) in [6.45, 7) is 1.98. The number of likely N-dealkylation sites (tertiary alicyclic amines) is 1. The molecule has 2 aromatic rings. The van der Waals surface area contributed by atoms with Crippen LogP contribution < -0.4 is 5.32 Å². The van der Waals surface area contributed by atoms with Gasteiger partial charge in [0.2, 0.25) is 11.8 Å². The zero-order chi connectivity index (χ0) is 16.5. The summed E-state index contributed by atoms with van der Waals surface area (Å²) in [4.78, 5) is 26.0. The summed E-state index contributed by atoms with van der Waals surface area (Å²) < 4.78 is 1.97. The fourth-order valence-electron chi connectivity index (χ4n) is 3.44. The van der Waals surface area contributed by atoms with Gasteiger partial charge in [0.15, 0.2) is 0 Å². The van der Waals surface area contributed by atoms with Gasteiger partial charge in [-0.15, -0.1) is 0 Å². The minimum Gasteiger partial charge on any atom is -0.356 e. The predicted octanol–water partition coefficient (Wildman–Crippen LogP) is 1.55. The number of aryl methyl sites for hydroxylation is 1. The van der Waals surface area contributed by atoms with Crippen molar-refractivity contribution in [3.05, 3.63) is 30.5 Å². The number of hydrogen-bond donors (Lipinski definition) is 1. The minimum absolute atomic E-state index is 0.0109. The van der Waals surface area contributed by atoms with Crippen LogP contribution >= 0.6 is 0 Å². The van der Waals surface area contributed by atoms with Crippen molar-refractivity contribution in [2.24, 2.45) is 5.92 Å². The van der Waals surface area contributed by atoms with E-state index in [9.17, 15) is 9.59 Å². The average Bonchev–Trinajstić information content (AvgIpc) is 3.24. The normalized spacial score (nSPS) is 20.8. The molecule has 0 bridgehead atoms. The zero-order valence-corrected chi connectivity index (χ0v) is 13.6. The van der Waals surface area contributed by atoms with Gasteiger partial charge >= 0.3 is 0 Å². The molecule has 1 saturated carbocycles. The van der Waals surface area contributed by atoms with Crippen LogP contribution in [0.3, 0.4) is 0 Å². The lowest BCUT2D eigenvalue weighted by Crippen LogP contribution is -2.34. The highest BCUT2D eigenvalue weighted by Gasteiger charge is 2.41. The molecule has 0 radical (unpaired) electrons. The van der Waals surface area contributed by atoms with Gasteiger partial charge in [-0.25, -0.2) is 0 Å². The second kappa shape index (κ2) is 6.26. The highest BCUT2D eigenvalue weighted by atomic mass is 16.2. The molecule has 1 saturated heterocycles. The van der Waals surface area contributed by atoms with Crippen LogP contribution in [0.15, 0.2) is 30.5 Å². The maximum atomic E-state index is 12.2. The molecule has 1 aromatic heterocycles. The van der Waals surface area contributed by atoms with E-state index in [1.807, 2.05) is 34.0 Å². The molecule has 2 aliphatic rings. The third-order valence-electron chi connectivity index (χ3n) is 4.91. The van der Waals surface area contributed by atoms with E-state index in [0.717, 1.165) is 36.7 Å². The molecule has 1 aliphatic heterocycles. The Morgan fingerprint density at radius 2 is 2.12 bits per heavy atom. The first-order valence-corrected chi connectivity index (χ1v) is 8.70. The first-order valence-electron chi connectivity index (χ1n) is 8.70. The third-order valence-corrected chi connectivity index (χ3v) is 4.91. The van der Waals surface area contributed by atoms with Crippen LogP contribution in [0.4, 0.5) is 0 Å². The Morgan fingerprint density at radius 1 is 1.29 bits per heavy atom. The number of benzene rings is 1. The van der Waals surface area contributed by atoms with Crippen molar-refractivity contribution in [2.45, 2.75) is 38.3 Å². The zero-order valence-electron chi connectivity index (χ0n) is 13.6. The van der Waals surface area contributed by atoms with Crippen molar-refractivity contribution in [3.63, 3.8) is 0 Å². The fraction of sp³-hybridized carbons (Fsp3) is 0.500. The maximum absolute atomic E-state index is 12.2. The number of carbonyl (C=O) groups is 2. The van der Waals surface area contributed by atoms with Crippen molar-refractivity contribution in [2.75, 3.05) is 13.1 Å². The van der Waals surface area contributed by atoms with Gasteiger partial charge < -0.3 is 10.2 Å².